The topological polar surface area (TPSA) is 66.9 Å². The van der Waals surface area contributed by atoms with E-state index in [1.165, 1.54) is 4.90 Å². The fraction of sp³-hybridized carbons (Fsp3) is 0.550. The van der Waals surface area contributed by atoms with Gasteiger partial charge in [0, 0.05) is 19.1 Å². The van der Waals surface area contributed by atoms with Crippen LogP contribution in [0.1, 0.15) is 67.2 Å². The summed E-state index contributed by atoms with van der Waals surface area (Å²) in [5.74, 6) is -0.450. The van der Waals surface area contributed by atoms with Gasteiger partial charge in [0.1, 0.15) is 5.60 Å². The zero-order valence-corrected chi connectivity index (χ0v) is 15.7. The Kier molecular flexibility index (Phi) is 5.03. The van der Waals surface area contributed by atoms with Gasteiger partial charge in [-0.1, -0.05) is 12.1 Å². The van der Waals surface area contributed by atoms with Crippen molar-refractivity contribution in [3.63, 3.8) is 0 Å². The molecule has 3 rings (SSSR count). The Morgan fingerprint density at radius 3 is 2.19 bits per heavy atom. The number of nitrogens with zero attached hydrogens (tertiary/aromatic N) is 2. The second-order valence-electron chi connectivity index (χ2n) is 7.92. The maximum Gasteiger partial charge on any atom is 0.410 e. The summed E-state index contributed by atoms with van der Waals surface area (Å²) in [7, 11) is 0. The number of amides is 3. The SMILES string of the molecule is CC(C)(C)OC(=O)N(CCCCN1C(=O)c2ccccc2C1=O)C1CC1. The molecule has 0 aromatic heterocycles. The van der Waals surface area contributed by atoms with Gasteiger partial charge >= 0.3 is 6.09 Å². The Morgan fingerprint density at radius 2 is 1.69 bits per heavy atom. The van der Waals surface area contributed by atoms with E-state index >= 15 is 0 Å². The molecule has 0 atom stereocenters. The number of carbonyl (C=O) groups excluding carboxylic acids is 3. The minimum Gasteiger partial charge on any atom is -0.444 e. The summed E-state index contributed by atoms with van der Waals surface area (Å²) in [6, 6.07) is 7.17. The lowest BCUT2D eigenvalue weighted by atomic mass is 10.1. The van der Waals surface area contributed by atoms with Crippen LogP contribution in [0.4, 0.5) is 4.79 Å². The molecule has 26 heavy (non-hydrogen) atoms. The van der Waals surface area contributed by atoms with Crippen molar-refractivity contribution in [3.8, 4) is 0 Å². The Morgan fingerprint density at radius 1 is 1.12 bits per heavy atom. The van der Waals surface area contributed by atoms with E-state index in [9.17, 15) is 14.4 Å². The highest BCUT2D eigenvalue weighted by molar-refractivity contribution is 6.21. The largest absolute Gasteiger partial charge is 0.444 e. The predicted octanol–water partition coefficient (Wildman–Crippen LogP) is 3.46. The normalized spacial score (nSPS) is 16.7. The first-order valence-electron chi connectivity index (χ1n) is 9.23. The molecule has 0 saturated heterocycles. The molecule has 6 heteroatoms. The van der Waals surface area contributed by atoms with E-state index < -0.39 is 5.60 Å². The molecule has 3 amide bonds. The van der Waals surface area contributed by atoms with Crippen molar-refractivity contribution in [3.05, 3.63) is 35.4 Å². The van der Waals surface area contributed by atoms with Crippen LogP contribution in [0.25, 0.3) is 0 Å². The monoisotopic (exact) mass is 358 g/mol. The lowest BCUT2D eigenvalue weighted by Gasteiger charge is -2.27. The van der Waals surface area contributed by atoms with Crippen LogP contribution in [0.3, 0.4) is 0 Å². The van der Waals surface area contributed by atoms with Crippen molar-refractivity contribution in [2.45, 2.75) is 58.1 Å². The molecule has 1 aliphatic heterocycles. The van der Waals surface area contributed by atoms with Crippen molar-refractivity contribution >= 4 is 17.9 Å². The number of imide groups is 1. The van der Waals surface area contributed by atoms with E-state index in [2.05, 4.69) is 0 Å². The summed E-state index contributed by atoms with van der Waals surface area (Å²) in [6.45, 7) is 6.54. The number of fused-ring (bicyclic) bond motifs is 1. The van der Waals surface area contributed by atoms with Gasteiger partial charge in [0.25, 0.3) is 11.8 Å². The molecule has 1 fully saturated rings. The second kappa shape index (κ2) is 7.09. The summed E-state index contributed by atoms with van der Waals surface area (Å²) in [4.78, 5) is 40.1. The molecule has 1 saturated carbocycles. The molecule has 0 unspecified atom stereocenters. The standard InChI is InChI=1S/C20H26N2O4/c1-20(2,3)26-19(25)21(14-10-11-14)12-6-7-13-22-17(23)15-8-4-5-9-16(15)18(22)24/h4-5,8-9,14H,6-7,10-13H2,1-3H3. The Hall–Kier alpha value is -2.37. The highest BCUT2D eigenvalue weighted by Gasteiger charge is 2.36. The van der Waals surface area contributed by atoms with Crippen LogP contribution < -0.4 is 0 Å². The van der Waals surface area contributed by atoms with Crippen LogP contribution in [-0.2, 0) is 4.74 Å². The number of carbonyl (C=O) groups is 3. The molecule has 1 heterocycles. The second-order valence-corrected chi connectivity index (χ2v) is 7.92. The van der Waals surface area contributed by atoms with E-state index in [4.69, 9.17) is 4.74 Å². The van der Waals surface area contributed by atoms with Gasteiger partial charge in [-0.3, -0.25) is 14.5 Å². The molecule has 2 aliphatic rings. The Bertz CT molecular complexity index is 684. The average Bonchev–Trinajstić information content (AvgIpc) is 3.36. The van der Waals surface area contributed by atoms with Gasteiger partial charge in [-0.2, -0.15) is 0 Å². The molecule has 6 nitrogen and oxygen atoms in total. The summed E-state index contributed by atoms with van der Waals surface area (Å²) in [6.07, 6.45) is 3.14. The predicted molar refractivity (Wildman–Crippen MR) is 97.0 cm³/mol. The fourth-order valence-electron chi connectivity index (χ4n) is 3.12. The van der Waals surface area contributed by atoms with E-state index in [0.29, 0.717) is 30.6 Å². The van der Waals surface area contributed by atoms with Gasteiger partial charge in [-0.25, -0.2) is 4.79 Å². The molecular weight excluding hydrogens is 332 g/mol. The van der Waals surface area contributed by atoms with E-state index in [1.807, 2.05) is 20.8 Å². The lowest BCUT2D eigenvalue weighted by molar-refractivity contribution is 0.0227. The average molecular weight is 358 g/mol. The minimum atomic E-state index is -0.510. The highest BCUT2D eigenvalue weighted by Crippen LogP contribution is 2.29. The Labute approximate surface area is 154 Å². The van der Waals surface area contributed by atoms with Crippen LogP contribution >= 0.6 is 0 Å². The summed E-state index contributed by atoms with van der Waals surface area (Å²) in [5.41, 5.74) is 0.446. The molecule has 1 aromatic rings. The number of unbranched alkanes of at least 4 members (excludes halogenated alkanes) is 1. The first-order chi connectivity index (χ1) is 12.3. The van der Waals surface area contributed by atoms with Crippen LogP contribution in [-0.4, -0.2) is 52.4 Å². The molecule has 0 radical (unpaired) electrons. The number of hydrogen-bond acceptors (Lipinski definition) is 4. The molecule has 1 aromatic carbocycles. The first-order valence-corrected chi connectivity index (χ1v) is 9.23. The molecule has 0 spiro atoms. The molecule has 0 N–H and O–H groups in total. The maximum absolute atomic E-state index is 12.3. The van der Waals surface area contributed by atoms with Crippen molar-refractivity contribution in [1.82, 2.24) is 9.80 Å². The van der Waals surface area contributed by atoms with Gasteiger partial charge in [0.05, 0.1) is 11.1 Å². The Balaban J connectivity index is 1.50. The molecule has 140 valence electrons. The van der Waals surface area contributed by atoms with Crippen molar-refractivity contribution in [2.75, 3.05) is 13.1 Å². The third-order valence-electron chi connectivity index (χ3n) is 4.52. The van der Waals surface area contributed by atoms with E-state index in [0.717, 1.165) is 19.3 Å². The molecule has 1 aliphatic carbocycles. The van der Waals surface area contributed by atoms with Crippen molar-refractivity contribution < 1.29 is 19.1 Å². The number of ether oxygens (including phenoxy) is 1. The smallest absolute Gasteiger partial charge is 0.410 e. The van der Waals surface area contributed by atoms with E-state index in [-0.39, 0.29) is 23.9 Å². The maximum atomic E-state index is 12.3. The van der Waals surface area contributed by atoms with Crippen LogP contribution in [0, 0.1) is 0 Å². The third kappa shape index (κ3) is 4.06. The number of benzene rings is 1. The highest BCUT2D eigenvalue weighted by atomic mass is 16.6. The number of hydrogen-bond donors (Lipinski definition) is 0. The molecule has 0 bridgehead atoms. The lowest BCUT2D eigenvalue weighted by Crippen LogP contribution is -2.39. The summed E-state index contributed by atoms with van der Waals surface area (Å²) >= 11 is 0. The fourth-order valence-corrected chi connectivity index (χ4v) is 3.12. The van der Waals surface area contributed by atoms with Crippen LogP contribution in [0.15, 0.2) is 24.3 Å². The van der Waals surface area contributed by atoms with Gasteiger partial charge < -0.3 is 9.64 Å². The van der Waals surface area contributed by atoms with Crippen LogP contribution in [0.5, 0.6) is 0 Å². The van der Waals surface area contributed by atoms with Gasteiger partial charge in [-0.05, 0) is 58.6 Å². The van der Waals surface area contributed by atoms with Gasteiger partial charge in [0.15, 0.2) is 0 Å². The number of rotatable bonds is 6. The van der Waals surface area contributed by atoms with Gasteiger partial charge in [0.2, 0.25) is 0 Å². The van der Waals surface area contributed by atoms with Crippen LogP contribution in [0.2, 0.25) is 0 Å². The summed E-state index contributed by atoms with van der Waals surface area (Å²) < 4.78 is 5.48. The molecular formula is C20H26N2O4. The third-order valence-corrected chi connectivity index (χ3v) is 4.52. The minimum absolute atomic E-state index is 0.225. The van der Waals surface area contributed by atoms with Crippen molar-refractivity contribution in [1.29, 1.82) is 0 Å². The zero-order chi connectivity index (χ0) is 18.9. The summed E-state index contributed by atoms with van der Waals surface area (Å²) in [5, 5.41) is 0. The van der Waals surface area contributed by atoms with Crippen molar-refractivity contribution in [2.24, 2.45) is 0 Å². The first kappa shape index (κ1) is 18.4. The zero-order valence-electron chi connectivity index (χ0n) is 15.7. The van der Waals surface area contributed by atoms with Gasteiger partial charge in [-0.15, -0.1) is 0 Å². The quantitative estimate of drug-likeness (QED) is 0.577. The van der Waals surface area contributed by atoms with E-state index in [1.54, 1.807) is 29.2 Å².